The Balaban J connectivity index is 2.38. The lowest BCUT2D eigenvalue weighted by Crippen LogP contribution is -1.89. The summed E-state index contributed by atoms with van der Waals surface area (Å²) in [6, 6.07) is 13.6. The summed E-state index contributed by atoms with van der Waals surface area (Å²) in [5.41, 5.74) is 2.85. The van der Waals surface area contributed by atoms with Gasteiger partial charge in [0.2, 0.25) is 0 Å². The van der Waals surface area contributed by atoms with Crippen molar-refractivity contribution in [2.45, 2.75) is 0 Å². The second-order valence-corrected chi connectivity index (χ2v) is 8.07. The van der Waals surface area contributed by atoms with Crippen molar-refractivity contribution in [2.75, 3.05) is 19.6 Å². The molecule has 0 N–H and O–H groups in total. The molecule has 0 saturated heterocycles. The van der Waals surface area contributed by atoms with E-state index in [9.17, 15) is 4.21 Å². The Labute approximate surface area is 128 Å². The van der Waals surface area contributed by atoms with Crippen LogP contribution in [0.5, 0.6) is 5.75 Å². The molecule has 0 aliphatic carbocycles. The van der Waals surface area contributed by atoms with Crippen LogP contribution in [-0.4, -0.2) is 23.8 Å². The van der Waals surface area contributed by atoms with Crippen LogP contribution in [0.15, 0.2) is 51.3 Å². The summed E-state index contributed by atoms with van der Waals surface area (Å²) in [6.45, 7) is 0. The highest BCUT2D eigenvalue weighted by atomic mass is 79.9. The van der Waals surface area contributed by atoms with Crippen molar-refractivity contribution < 1.29 is 8.95 Å². The van der Waals surface area contributed by atoms with E-state index in [1.807, 2.05) is 42.5 Å². The third-order valence-corrected chi connectivity index (χ3v) is 3.98. The number of methoxy groups -OCH3 is 1. The Bertz CT molecular complexity index is 724. The lowest BCUT2D eigenvalue weighted by molar-refractivity contribution is 0.412. The molecule has 0 radical (unpaired) electrons. The number of halogens is 1. The monoisotopic (exact) mass is 353 g/mol. The highest BCUT2D eigenvalue weighted by Crippen LogP contribution is 2.31. The van der Waals surface area contributed by atoms with Gasteiger partial charge in [-0.2, -0.15) is 4.36 Å². The van der Waals surface area contributed by atoms with Gasteiger partial charge in [0.05, 0.1) is 17.3 Å². The molecule has 0 atom stereocenters. The molecule has 5 heteroatoms. The molecule has 3 nitrogen and oxygen atoms in total. The number of hydrogen-bond donors (Lipinski definition) is 0. The summed E-state index contributed by atoms with van der Waals surface area (Å²) >= 11 is 3.44. The van der Waals surface area contributed by atoms with Crippen molar-refractivity contribution in [3.05, 3.63) is 46.9 Å². The second kappa shape index (κ2) is 5.97. The summed E-state index contributed by atoms with van der Waals surface area (Å²) in [7, 11) is -0.478. The van der Waals surface area contributed by atoms with Crippen LogP contribution in [0.3, 0.4) is 0 Å². The molecule has 0 aliphatic rings. The largest absolute Gasteiger partial charge is 0.496 e. The molecule has 2 aromatic rings. The van der Waals surface area contributed by atoms with Crippen LogP contribution in [0, 0.1) is 0 Å². The number of benzene rings is 2. The van der Waals surface area contributed by atoms with Gasteiger partial charge in [-0.3, -0.25) is 0 Å². The van der Waals surface area contributed by atoms with E-state index in [1.54, 1.807) is 19.6 Å². The molecule has 0 amide bonds. The van der Waals surface area contributed by atoms with Crippen LogP contribution in [0.4, 0.5) is 5.69 Å². The normalized spacial score (nSPS) is 11.2. The Morgan fingerprint density at radius 1 is 1.05 bits per heavy atom. The first kappa shape index (κ1) is 15.1. The molecule has 0 fully saturated rings. The Morgan fingerprint density at radius 3 is 2.20 bits per heavy atom. The van der Waals surface area contributed by atoms with Crippen molar-refractivity contribution in [1.82, 2.24) is 0 Å². The smallest absolute Gasteiger partial charge is 0.133 e. The fourth-order valence-corrected chi connectivity index (χ4v) is 2.85. The summed E-state index contributed by atoms with van der Waals surface area (Å²) in [6.07, 6.45) is 3.25. The lowest BCUT2D eigenvalue weighted by Gasteiger charge is -2.07. The number of ether oxygens (including phenoxy) is 1. The predicted molar refractivity (Wildman–Crippen MR) is 88.2 cm³/mol. The van der Waals surface area contributed by atoms with Gasteiger partial charge >= 0.3 is 0 Å². The van der Waals surface area contributed by atoms with E-state index in [1.165, 1.54) is 0 Å². The average Bonchev–Trinajstić information content (AvgIpc) is 2.38. The fourth-order valence-electron chi connectivity index (χ4n) is 1.81. The minimum absolute atomic E-state index is 0.729. The van der Waals surface area contributed by atoms with E-state index >= 15 is 0 Å². The maximum atomic E-state index is 11.6. The zero-order valence-corrected chi connectivity index (χ0v) is 14.0. The van der Waals surface area contributed by atoms with Crippen molar-refractivity contribution in [3.63, 3.8) is 0 Å². The van der Waals surface area contributed by atoms with E-state index in [0.717, 1.165) is 27.0 Å². The molecular formula is C15H16BrNO2S. The second-order valence-electron chi connectivity index (χ2n) is 4.67. The van der Waals surface area contributed by atoms with Gasteiger partial charge in [-0.1, -0.05) is 18.2 Å². The Kier molecular flexibility index (Phi) is 4.50. The van der Waals surface area contributed by atoms with Crippen molar-refractivity contribution in [1.29, 1.82) is 0 Å². The zero-order valence-electron chi connectivity index (χ0n) is 11.6. The van der Waals surface area contributed by atoms with E-state index in [4.69, 9.17) is 4.74 Å². The van der Waals surface area contributed by atoms with Crippen molar-refractivity contribution in [2.24, 2.45) is 4.36 Å². The quantitative estimate of drug-likeness (QED) is 0.815. The van der Waals surface area contributed by atoms with Gasteiger partial charge in [0.15, 0.2) is 0 Å². The molecule has 0 bridgehead atoms. The maximum absolute atomic E-state index is 11.6. The number of rotatable bonds is 3. The van der Waals surface area contributed by atoms with Gasteiger partial charge in [-0.15, -0.1) is 0 Å². The highest BCUT2D eigenvalue weighted by Gasteiger charge is 2.04. The van der Waals surface area contributed by atoms with E-state index < -0.39 is 9.73 Å². The lowest BCUT2D eigenvalue weighted by atomic mass is 10.1. The molecule has 106 valence electrons. The molecule has 0 aliphatic heterocycles. The fraction of sp³-hybridized carbons (Fsp3) is 0.200. The average molecular weight is 354 g/mol. The molecule has 0 unspecified atom stereocenters. The summed E-state index contributed by atoms with van der Waals surface area (Å²) < 4.78 is 22.0. The van der Waals surface area contributed by atoms with Gasteiger partial charge in [0.1, 0.15) is 5.75 Å². The molecule has 0 heterocycles. The van der Waals surface area contributed by atoms with Crippen LogP contribution in [-0.2, 0) is 9.73 Å². The molecule has 0 aromatic heterocycles. The predicted octanol–water partition coefficient (Wildman–Crippen LogP) is 4.48. The van der Waals surface area contributed by atoms with Crippen LogP contribution in [0.2, 0.25) is 0 Å². The van der Waals surface area contributed by atoms with Gasteiger partial charge in [-0.25, -0.2) is 4.21 Å². The summed E-state index contributed by atoms with van der Waals surface area (Å²) in [4.78, 5) is 0. The molecule has 2 rings (SSSR count). The topological polar surface area (TPSA) is 38.7 Å². The van der Waals surface area contributed by atoms with E-state index in [2.05, 4.69) is 20.3 Å². The summed E-state index contributed by atoms with van der Waals surface area (Å²) in [5, 5.41) is 0. The van der Waals surface area contributed by atoms with Gasteiger partial charge in [-0.05, 0) is 51.3 Å². The van der Waals surface area contributed by atoms with Crippen LogP contribution >= 0.6 is 15.9 Å². The molecule has 20 heavy (non-hydrogen) atoms. The van der Waals surface area contributed by atoms with Crippen molar-refractivity contribution in [3.8, 4) is 16.9 Å². The van der Waals surface area contributed by atoms with Crippen LogP contribution < -0.4 is 4.74 Å². The minimum atomic E-state index is -2.12. The van der Waals surface area contributed by atoms with E-state index in [-0.39, 0.29) is 0 Å². The highest BCUT2D eigenvalue weighted by molar-refractivity contribution is 9.10. The summed E-state index contributed by atoms with van der Waals surface area (Å²) in [5.74, 6) is 0.793. The molecular weight excluding hydrogens is 338 g/mol. The van der Waals surface area contributed by atoms with Gasteiger partial charge in [0, 0.05) is 22.2 Å². The first-order valence-corrected chi connectivity index (χ1v) is 9.12. The van der Waals surface area contributed by atoms with Gasteiger partial charge < -0.3 is 4.74 Å². The molecule has 2 aromatic carbocycles. The molecule has 0 saturated carbocycles. The zero-order chi connectivity index (χ0) is 14.8. The SMILES string of the molecule is COc1cc(-c2ccc(N=S(C)(C)=O)cc2)ccc1Br. The third-order valence-electron chi connectivity index (χ3n) is 2.68. The number of hydrogen-bond acceptors (Lipinski definition) is 3. The first-order valence-electron chi connectivity index (χ1n) is 6.00. The van der Waals surface area contributed by atoms with Crippen molar-refractivity contribution >= 4 is 31.3 Å². The molecule has 0 spiro atoms. The number of nitrogens with zero attached hydrogens (tertiary/aromatic N) is 1. The maximum Gasteiger partial charge on any atom is 0.133 e. The standard InChI is InChI=1S/C15H16BrNO2S/c1-19-15-10-12(6-9-14(15)16)11-4-7-13(8-5-11)17-20(2,3)18/h4-10H,1-3H3. The first-order chi connectivity index (χ1) is 9.39. The third kappa shape index (κ3) is 3.84. The van der Waals surface area contributed by atoms with Gasteiger partial charge in [0.25, 0.3) is 0 Å². The Hall–Kier alpha value is -1.33. The van der Waals surface area contributed by atoms with E-state index in [0.29, 0.717) is 0 Å². The Morgan fingerprint density at radius 2 is 1.65 bits per heavy atom. The minimum Gasteiger partial charge on any atom is -0.496 e. The van der Waals surface area contributed by atoms with Crippen LogP contribution in [0.1, 0.15) is 0 Å². The van der Waals surface area contributed by atoms with Crippen LogP contribution in [0.25, 0.3) is 11.1 Å².